The molecule has 4 rings (SSSR count). The number of rotatable bonds is 6. The third kappa shape index (κ3) is 4.73. The molecule has 1 aromatic heterocycles. The van der Waals surface area contributed by atoms with Crippen molar-refractivity contribution in [2.24, 2.45) is 5.73 Å². The first kappa shape index (κ1) is 21.4. The van der Waals surface area contributed by atoms with Crippen LogP contribution in [0.5, 0.6) is 0 Å². The maximum absolute atomic E-state index is 12.6. The molecule has 1 atom stereocenters. The Morgan fingerprint density at radius 2 is 1.81 bits per heavy atom. The minimum atomic E-state index is -0.768. The molecule has 0 radical (unpaired) electrons. The Labute approximate surface area is 187 Å². The normalized spacial score (nSPS) is 11.9. The van der Waals surface area contributed by atoms with E-state index in [0.29, 0.717) is 27.1 Å². The van der Waals surface area contributed by atoms with Gasteiger partial charge in [-0.25, -0.2) is 9.59 Å². The molecule has 4 aromatic rings. The van der Waals surface area contributed by atoms with Crippen LogP contribution >= 0.6 is 11.6 Å². The lowest BCUT2D eigenvalue weighted by Gasteiger charge is -2.17. The van der Waals surface area contributed by atoms with Crippen molar-refractivity contribution in [3.63, 3.8) is 0 Å². The van der Waals surface area contributed by atoms with Gasteiger partial charge in [0, 0.05) is 22.0 Å². The van der Waals surface area contributed by atoms with Gasteiger partial charge in [-0.1, -0.05) is 54.1 Å². The molecule has 2 amide bonds. The molecule has 0 aliphatic heterocycles. The van der Waals surface area contributed by atoms with Crippen molar-refractivity contribution in [3.05, 3.63) is 93.3 Å². The molecule has 0 bridgehead atoms. The van der Waals surface area contributed by atoms with Crippen LogP contribution in [0.25, 0.3) is 21.7 Å². The molecule has 0 saturated heterocycles. The Bertz CT molecular complexity index is 1360. The van der Waals surface area contributed by atoms with Crippen molar-refractivity contribution >= 4 is 45.3 Å². The summed E-state index contributed by atoms with van der Waals surface area (Å²) in [5, 5.41) is 5.62. The zero-order chi connectivity index (χ0) is 22.7. The lowest BCUT2D eigenvalue weighted by atomic mass is 10.0. The second-order valence-corrected chi connectivity index (χ2v) is 7.66. The summed E-state index contributed by atoms with van der Waals surface area (Å²) in [7, 11) is 0. The number of carbonyl (C=O) groups is 2. The van der Waals surface area contributed by atoms with E-state index < -0.39 is 23.7 Å². The SMILES string of the molecule is NC(=O)NC(CC(=O)OCc1cc(=O)oc2ccc3ccccc3c12)c1ccc(Cl)cc1. The zero-order valence-corrected chi connectivity index (χ0v) is 17.6. The fraction of sp³-hybridized carbons (Fsp3) is 0.125. The van der Waals surface area contributed by atoms with Crippen molar-refractivity contribution in [2.75, 3.05) is 0 Å². The number of fused-ring (bicyclic) bond motifs is 3. The van der Waals surface area contributed by atoms with Crippen molar-refractivity contribution < 1.29 is 18.7 Å². The molecule has 3 aromatic carbocycles. The van der Waals surface area contributed by atoms with Gasteiger partial charge in [0.2, 0.25) is 0 Å². The van der Waals surface area contributed by atoms with E-state index in [2.05, 4.69) is 5.32 Å². The molecule has 0 saturated carbocycles. The summed E-state index contributed by atoms with van der Waals surface area (Å²) in [5.74, 6) is -0.569. The van der Waals surface area contributed by atoms with Crippen molar-refractivity contribution in [3.8, 4) is 0 Å². The van der Waals surface area contributed by atoms with Crippen molar-refractivity contribution in [1.82, 2.24) is 5.32 Å². The number of halogens is 1. The fourth-order valence-corrected chi connectivity index (χ4v) is 3.76. The number of primary amides is 1. The van der Waals surface area contributed by atoms with Crippen LogP contribution in [0.4, 0.5) is 4.79 Å². The highest BCUT2D eigenvalue weighted by Crippen LogP contribution is 2.28. The summed E-state index contributed by atoms with van der Waals surface area (Å²) in [6.07, 6.45) is -0.148. The number of nitrogens with two attached hydrogens (primary N) is 1. The summed E-state index contributed by atoms with van der Waals surface area (Å²) >= 11 is 5.91. The molecular formula is C24H19ClN2O5. The van der Waals surface area contributed by atoms with Crippen LogP contribution in [0.1, 0.15) is 23.6 Å². The van der Waals surface area contributed by atoms with Crippen LogP contribution in [0.3, 0.4) is 0 Å². The van der Waals surface area contributed by atoms with E-state index in [-0.39, 0.29) is 13.0 Å². The zero-order valence-electron chi connectivity index (χ0n) is 16.8. The van der Waals surface area contributed by atoms with E-state index in [1.165, 1.54) is 6.07 Å². The largest absolute Gasteiger partial charge is 0.461 e. The van der Waals surface area contributed by atoms with Gasteiger partial charge >= 0.3 is 17.6 Å². The number of benzene rings is 3. The predicted molar refractivity (Wildman–Crippen MR) is 121 cm³/mol. The minimum absolute atomic E-state index is 0.126. The molecule has 162 valence electrons. The second-order valence-electron chi connectivity index (χ2n) is 7.23. The Kier molecular flexibility index (Phi) is 6.09. The number of amides is 2. The van der Waals surface area contributed by atoms with Gasteiger partial charge in [0.15, 0.2) is 0 Å². The Balaban J connectivity index is 1.58. The molecule has 0 spiro atoms. The average molecular weight is 451 g/mol. The van der Waals surface area contributed by atoms with Crippen LogP contribution in [-0.4, -0.2) is 12.0 Å². The van der Waals surface area contributed by atoms with Crippen LogP contribution in [0, 0.1) is 0 Å². The molecule has 3 N–H and O–H groups in total. The predicted octanol–water partition coefficient (Wildman–Crippen LogP) is 4.44. The van der Waals surface area contributed by atoms with Gasteiger partial charge in [0.05, 0.1) is 12.5 Å². The van der Waals surface area contributed by atoms with E-state index in [1.54, 1.807) is 30.3 Å². The number of hydrogen-bond acceptors (Lipinski definition) is 5. The highest BCUT2D eigenvalue weighted by atomic mass is 35.5. The Hall–Kier alpha value is -3.84. The summed E-state index contributed by atoms with van der Waals surface area (Å²) in [6, 6.07) is 17.8. The third-order valence-electron chi connectivity index (χ3n) is 5.06. The average Bonchev–Trinajstić information content (AvgIpc) is 2.77. The number of carbonyl (C=O) groups excluding carboxylic acids is 2. The van der Waals surface area contributed by atoms with E-state index in [4.69, 9.17) is 26.5 Å². The van der Waals surface area contributed by atoms with Gasteiger partial charge in [0.25, 0.3) is 0 Å². The quantitative estimate of drug-likeness (QED) is 0.256. The Morgan fingerprint density at radius 1 is 1.06 bits per heavy atom. The number of nitrogens with one attached hydrogen (secondary N) is 1. The van der Waals surface area contributed by atoms with Gasteiger partial charge in [-0.2, -0.15) is 0 Å². The van der Waals surface area contributed by atoms with Gasteiger partial charge in [-0.15, -0.1) is 0 Å². The van der Waals surface area contributed by atoms with Crippen LogP contribution < -0.4 is 16.7 Å². The summed E-state index contributed by atoms with van der Waals surface area (Å²) in [6.45, 7) is -0.126. The van der Waals surface area contributed by atoms with Crippen LogP contribution in [-0.2, 0) is 16.1 Å². The molecule has 32 heavy (non-hydrogen) atoms. The molecule has 8 heteroatoms. The summed E-state index contributed by atoms with van der Waals surface area (Å²) < 4.78 is 10.8. The lowest BCUT2D eigenvalue weighted by Crippen LogP contribution is -2.34. The molecule has 0 aliphatic carbocycles. The molecule has 0 aliphatic rings. The maximum atomic E-state index is 12.6. The molecule has 1 heterocycles. The van der Waals surface area contributed by atoms with Crippen LogP contribution in [0.15, 0.2) is 75.9 Å². The summed E-state index contributed by atoms with van der Waals surface area (Å²) in [4.78, 5) is 36.0. The lowest BCUT2D eigenvalue weighted by molar-refractivity contribution is -0.145. The van der Waals surface area contributed by atoms with E-state index in [1.807, 2.05) is 30.3 Å². The summed E-state index contributed by atoms with van der Waals surface area (Å²) in [5.41, 5.74) is 6.33. The monoisotopic (exact) mass is 450 g/mol. The van der Waals surface area contributed by atoms with Gasteiger partial charge in [-0.3, -0.25) is 4.79 Å². The van der Waals surface area contributed by atoms with Gasteiger partial charge in [-0.05, 0) is 34.5 Å². The number of hydrogen-bond donors (Lipinski definition) is 2. The molecule has 7 nitrogen and oxygen atoms in total. The number of urea groups is 1. The molecular weight excluding hydrogens is 432 g/mol. The smallest absolute Gasteiger partial charge is 0.336 e. The standard InChI is InChI=1S/C24H19ClN2O5/c25-17-8-5-15(6-9-17)19(27-24(26)30)12-21(28)31-13-16-11-22(29)32-20-10-7-14-3-1-2-4-18(14)23(16)20/h1-11,19H,12-13H2,(H3,26,27,30). The van der Waals surface area contributed by atoms with E-state index in [9.17, 15) is 14.4 Å². The second kappa shape index (κ2) is 9.11. The fourth-order valence-electron chi connectivity index (χ4n) is 3.64. The molecule has 0 fully saturated rings. The minimum Gasteiger partial charge on any atom is -0.461 e. The first-order valence-corrected chi connectivity index (χ1v) is 10.2. The van der Waals surface area contributed by atoms with Gasteiger partial charge < -0.3 is 20.2 Å². The topological polar surface area (TPSA) is 112 Å². The number of ether oxygens (including phenoxy) is 1. The van der Waals surface area contributed by atoms with Gasteiger partial charge in [0.1, 0.15) is 12.2 Å². The first-order chi connectivity index (χ1) is 15.4. The first-order valence-electron chi connectivity index (χ1n) is 9.82. The number of esters is 1. The van der Waals surface area contributed by atoms with E-state index in [0.717, 1.165) is 10.8 Å². The van der Waals surface area contributed by atoms with E-state index >= 15 is 0 Å². The highest BCUT2D eigenvalue weighted by molar-refractivity contribution is 6.30. The third-order valence-corrected chi connectivity index (χ3v) is 5.31. The molecule has 1 unspecified atom stereocenters. The van der Waals surface area contributed by atoms with Crippen LogP contribution in [0.2, 0.25) is 5.02 Å². The Morgan fingerprint density at radius 3 is 2.56 bits per heavy atom. The maximum Gasteiger partial charge on any atom is 0.336 e. The van der Waals surface area contributed by atoms with Crippen molar-refractivity contribution in [1.29, 1.82) is 0 Å². The highest BCUT2D eigenvalue weighted by Gasteiger charge is 2.19. The van der Waals surface area contributed by atoms with Crippen molar-refractivity contribution in [2.45, 2.75) is 19.1 Å².